The van der Waals surface area contributed by atoms with Gasteiger partial charge in [-0.15, -0.1) is 0 Å². The highest BCUT2D eigenvalue weighted by atomic mass is 32.2. The van der Waals surface area contributed by atoms with Crippen LogP contribution in [0, 0.1) is 0 Å². The number of hydrogen-bond acceptors (Lipinski definition) is 9. The van der Waals surface area contributed by atoms with Gasteiger partial charge < -0.3 is 49.7 Å². The van der Waals surface area contributed by atoms with E-state index < -0.39 is 60.2 Å². The van der Waals surface area contributed by atoms with Gasteiger partial charge in [-0.05, 0) is 57.1 Å². The van der Waals surface area contributed by atoms with Gasteiger partial charge in [0.25, 0.3) is 0 Å². The first-order chi connectivity index (χ1) is 17.4. The average molecular weight is 548 g/mol. The molecule has 0 aromatic heterocycles. The molecule has 37 heavy (non-hydrogen) atoms. The summed E-state index contributed by atoms with van der Waals surface area (Å²) in [6, 6.07) is -4.68. The topological polar surface area (TPSA) is 284 Å². The van der Waals surface area contributed by atoms with Gasteiger partial charge in [0.2, 0.25) is 23.6 Å². The van der Waals surface area contributed by atoms with Gasteiger partial charge >= 0.3 is 5.97 Å². The van der Waals surface area contributed by atoms with Crippen LogP contribution in [-0.4, -0.2) is 89.9 Å². The Labute approximate surface area is 220 Å². The first-order valence-electron chi connectivity index (χ1n) is 11.8. The van der Waals surface area contributed by atoms with Crippen LogP contribution in [0.4, 0.5) is 0 Å². The van der Waals surface area contributed by atoms with E-state index in [1.807, 2.05) is 0 Å². The second kappa shape index (κ2) is 19.1. The lowest BCUT2D eigenvalue weighted by molar-refractivity contribution is -0.142. The molecule has 0 saturated carbocycles. The summed E-state index contributed by atoms with van der Waals surface area (Å²) >= 11 is 1.41. The maximum Gasteiger partial charge on any atom is 0.326 e. The molecular weight excluding hydrogens is 506 g/mol. The van der Waals surface area contributed by atoms with Crippen LogP contribution in [0.25, 0.3) is 0 Å². The molecular formula is C21H41N9O6S. The Morgan fingerprint density at radius 3 is 1.97 bits per heavy atom. The van der Waals surface area contributed by atoms with Crippen molar-refractivity contribution in [2.75, 3.05) is 25.1 Å². The molecule has 0 aliphatic heterocycles. The van der Waals surface area contributed by atoms with Crippen molar-refractivity contribution in [1.29, 1.82) is 0 Å². The molecule has 0 heterocycles. The zero-order chi connectivity index (χ0) is 28.4. The lowest BCUT2D eigenvalue weighted by Gasteiger charge is -2.24. The van der Waals surface area contributed by atoms with E-state index in [0.29, 0.717) is 31.6 Å². The highest BCUT2D eigenvalue weighted by Crippen LogP contribution is 2.06. The first kappa shape index (κ1) is 33.9. The molecule has 14 N–H and O–H groups in total. The van der Waals surface area contributed by atoms with Gasteiger partial charge in [0.1, 0.15) is 18.1 Å². The highest BCUT2D eigenvalue weighted by molar-refractivity contribution is 7.98. The molecule has 4 unspecified atom stereocenters. The smallest absolute Gasteiger partial charge is 0.326 e. The van der Waals surface area contributed by atoms with Crippen LogP contribution in [0.15, 0.2) is 4.99 Å². The number of amides is 4. The molecule has 0 aromatic carbocycles. The van der Waals surface area contributed by atoms with Crippen LogP contribution in [0.1, 0.15) is 44.9 Å². The number of thioether (sulfide) groups is 1. The van der Waals surface area contributed by atoms with E-state index in [9.17, 15) is 29.1 Å². The minimum absolute atomic E-state index is 0.0958. The van der Waals surface area contributed by atoms with Crippen LogP contribution in [-0.2, 0) is 24.0 Å². The molecule has 0 spiro atoms. The first-order valence-corrected chi connectivity index (χ1v) is 13.2. The molecule has 4 amide bonds. The standard InChI is InChI=1S/C21H41N9O6S/c1-37-10-7-13(18(33)29-14(20(35)36)6-2-3-8-22)28-19(34)15(11-16(24)31)30-17(32)12(23)5-4-9-27-21(25)26/h12-15H,2-11,22-23H2,1H3,(H2,24,31)(H,28,34)(H,29,33)(H,30,32)(H,35,36)(H4,25,26,27). The lowest BCUT2D eigenvalue weighted by Crippen LogP contribution is -2.57. The molecule has 4 atom stereocenters. The Kier molecular flexibility index (Phi) is 17.5. The van der Waals surface area contributed by atoms with Gasteiger partial charge in [-0.25, -0.2) is 4.79 Å². The normalized spacial score (nSPS) is 13.9. The van der Waals surface area contributed by atoms with Crippen LogP contribution in [0.2, 0.25) is 0 Å². The van der Waals surface area contributed by atoms with E-state index in [0.717, 1.165) is 0 Å². The lowest BCUT2D eigenvalue weighted by atomic mass is 10.1. The number of carbonyl (C=O) groups is 5. The fraction of sp³-hybridized carbons (Fsp3) is 0.714. The van der Waals surface area contributed by atoms with E-state index in [2.05, 4.69) is 20.9 Å². The summed E-state index contributed by atoms with van der Waals surface area (Å²) in [5.74, 6) is -3.95. The Balaban J connectivity index is 5.36. The largest absolute Gasteiger partial charge is 0.480 e. The zero-order valence-corrected chi connectivity index (χ0v) is 21.9. The van der Waals surface area contributed by atoms with E-state index in [4.69, 9.17) is 28.7 Å². The number of primary amides is 1. The number of nitrogens with zero attached hydrogens (tertiary/aromatic N) is 1. The molecule has 0 rings (SSSR count). The monoisotopic (exact) mass is 547 g/mol. The molecule has 16 heteroatoms. The van der Waals surface area contributed by atoms with Gasteiger partial charge in [0, 0.05) is 6.54 Å². The van der Waals surface area contributed by atoms with Gasteiger partial charge in [-0.3, -0.25) is 24.2 Å². The molecule has 0 bridgehead atoms. The molecule has 15 nitrogen and oxygen atoms in total. The average Bonchev–Trinajstić information content (AvgIpc) is 2.82. The third-order valence-electron chi connectivity index (χ3n) is 5.15. The van der Waals surface area contributed by atoms with Gasteiger partial charge in [0.05, 0.1) is 12.5 Å². The maximum absolute atomic E-state index is 12.9. The predicted octanol–water partition coefficient (Wildman–Crippen LogP) is -3.34. The zero-order valence-electron chi connectivity index (χ0n) is 21.1. The number of nitrogens with two attached hydrogens (primary N) is 5. The van der Waals surface area contributed by atoms with Crippen molar-refractivity contribution < 1.29 is 29.1 Å². The number of unbranched alkanes of at least 4 members (excludes halogenated alkanes) is 1. The van der Waals surface area contributed by atoms with Crippen LogP contribution in [0.5, 0.6) is 0 Å². The van der Waals surface area contributed by atoms with Crippen LogP contribution >= 0.6 is 11.8 Å². The van der Waals surface area contributed by atoms with Crippen molar-refractivity contribution in [3.8, 4) is 0 Å². The van der Waals surface area contributed by atoms with Crippen molar-refractivity contribution in [3.63, 3.8) is 0 Å². The second-order valence-electron chi connectivity index (χ2n) is 8.31. The minimum atomic E-state index is -1.39. The quantitative estimate of drug-likeness (QED) is 0.0412. The molecule has 0 saturated heterocycles. The molecule has 0 aliphatic carbocycles. The van der Waals surface area contributed by atoms with Crippen molar-refractivity contribution in [1.82, 2.24) is 16.0 Å². The van der Waals surface area contributed by atoms with Crippen LogP contribution in [0.3, 0.4) is 0 Å². The number of carboxylic acids is 1. The number of guanidine groups is 1. The molecule has 212 valence electrons. The number of nitrogens with one attached hydrogen (secondary N) is 3. The number of carbonyl (C=O) groups excluding carboxylic acids is 4. The number of aliphatic imine (C=N–C) groups is 1. The number of rotatable bonds is 20. The summed E-state index contributed by atoms with van der Waals surface area (Å²) in [4.78, 5) is 65.2. The van der Waals surface area contributed by atoms with E-state index in [-0.39, 0.29) is 31.8 Å². The summed E-state index contributed by atoms with van der Waals surface area (Å²) < 4.78 is 0. The Morgan fingerprint density at radius 2 is 1.43 bits per heavy atom. The molecule has 0 radical (unpaired) electrons. The third-order valence-corrected chi connectivity index (χ3v) is 5.79. The van der Waals surface area contributed by atoms with Crippen molar-refractivity contribution in [2.24, 2.45) is 33.7 Å². The van der Waals surface area contributed by atoms with Gasteiger partial charge in [-0.2, -0.15) is 11.8 Å². The number of aliphatic carboxylic acids is 1. The van der Waals surface area contributed by atoms with Crippen molar-refractivity contribution in [2.45, 2.75) is 69.1 Å². The predicted molar refractivity (Wildman–Crippen MR) is 141 cm³/mol. The third kappa shape index (κ3) is 15.6. The molecule has 0 aliphatic rings. The Hall–Kier alpha value is -3.11. The van der Waals surface area contributed by atoms with Crippen molar-refractivity contribution >= 4 is 47.3 Å². The summed E-state index contributed by atoms with van der Waals surface area (Å²) in [5, 5.41) is 16.7. The molecule has 0 fully saturated rings. The fourth-order valence-electron chi connectivity index (χ4n) is 3.14. The summed E-state index contributed by atoms with van der Waals surface area (Å²) in [5.41, 5.74) is 27.0. The fourth-order valence-corrected chi connectivity index (χ4v) is 3.61. The minimum Gasteiger partial charge on any atom is -0.480 e. The maximum atomic E-state index is 12.9. The summed E-state index contributed by atoms with van der Waals surface area (Å²) in [6.07, 6.45) is 3.30. The molecule has 0 aromatic rings. The van der Waals surface area contributed by atoms with Gasteiger partial charge in [-0.1, -0.05) is 0 Å². The van der Waals surface area contributed by atoms with Crippen molar-refractivity contribution in [3.05, 3.63) is 0 Å². The van der Waals surface area contributed by atoms with E-state index >= 15 is 0 Å². The number of carboxylic acid groups (broad SMARTS) is 1. The highest BCUT2D eigenvalue weighted by Gasteiger charge is 2.30. The van der Waals surface area contributed by atoms with Gasteiger partial charge in [0.15, 0.2) is 5.96 Å². The number of hydrogen-bond donors (Lipinski definition) is 9. The van der Waals surface area contributed by atoms with Crippen LogP contribution < -0.4 is 44.6 Å². The summed E-state index contributed by atoms with van der Waals surface area (Å²) in [6.45, 7) is 0.643. The Morgan fingerprint density at radius 1 is 0.838 bits per heavy atom. The van der Waals surface area contributed by atoms with E-state index in [1.165, 1.54) is 11.8 Å². The van der Waals surface area contributed by atoms with E-state index in [1.54, 1.807) is 6.26 Å². The summed E-state index contributed by atoms with van der Waals surface area (Å²) in [7, 11) is 0. The Bertz CT molecular complexity index is 794. The SMILES string of the molecule is CSCCC(NC(=O)C(CC(N)=O)NC(=O)C(N)CCCN=C(N)N)C(=O)NC(CCCCN)C(=O)O. The second-order valence-corrected chi connectivity index (χ2v) is 9.30.